The molecule has 0 heterocycles. The van der Waals surface area contributed by atoms with Gasteiger partial charge in [0.05, 0.1) is 5.41 Å². The topological polar surface area (TPSA) is 37.3 Å². The first-order valence-electron chi connectivity index (χ1n) is 10.3. The molecule has 23 heavy (non-hydrogen) atoms. The number of hydrogen-bond acceptors (Lipinski definition) is 1. The summed E-state index contributed by atoms with van der Waals surface area (Å²) in [5.74, 6) is -0.589. The van der Waals surface area contributed by atoms with Gasteiger partial charge in [-0.1, -0.05) is 104 Å². The minimum Gasteiger partial charge on any atom is -0.481 e. The number of carbonyl (C=O) groups is 1. The smallest absolute Gasteiger partial charge is 0.309 e. The van der Waals surface area contributed by atoms with E-state index in [1.165, 1.54) is 77.0 Å². The van der Waals surface area contributed by atoms with Gasteiger partial charge >= 0.3 is 5.97 Å². The predicted molar refractivity (Wildman–Crippen MR) is 101 cm³/mol. The minimum absolute atomic E-state index is 0.493. The highest BCUT2D eigenvalue weighted by Gasteiger charge is 2.31. The first-order valence-corrected chi connectivity index (χ1v) is 10.3. The molecule has 138 valence electrons. The quantitative estimate of drug-likeness (QED) is 0.283. The summed E-state index contributed by atoms with van der Waals surface area (Å²) in [5.41, 5.74) is -0.493. The van der Waals surface area contributed by atoms with E-state index in [9.17, 15) is 9.90 Å². The summed E-state index contributed by atoms with van der Waals surface area (Å²) in [6.07, 6.45) is 19.4. The van der Waals surface area contributed by atoms with Crippen molar-refractivity contribution in [2.24, 2.45) is 5.41 Å². The van der Waals surface area contributed by atoms with Gasteiger partial charge in [0.2, 0.25) is 0 Å². The minimum atomic E-state index is -0.589. The monoisotopic (exact) mass is 326 g/mol. The molecule has 0 rings (SSSR count). The molecule has 1 unspecified atom stereocenters. The fraction of sp³-hybridized carbons (Fsp3) is 0.952. The van der Waals surface area contributed by atoms with Gasteiger partial charge in [0, 0.05) is 0 Å². The van der Waals surface area contributed by atoms with Gasteiger partial charge in [-0.2, -0.15) is 0 Å². The fourth-order valence-electron chi connectivity index (χ4n) is 3.28. The third-order valence-corrected chi connectivity index (χ3v) is 5.18. The zero-order valence-corrected chi connectivity index (χ0v) is 16.2. The summed E-state index contributed by atoms with van der Waals surface area (Å²) in [6.45, 7) is 6.43. The van der Waals surface area contributed by atoms with Crippen LogP contribution in [0.2, 0.25) is 0 Å². The highest BCUT2D eigenvalue weighted by atomic mass is 16.4. The maximum atomic E-state index is 11.6. The SMILES string of the molecule is CCCCCCCCCCC(C)(CCCCCCCC)C(=O)O. The summed E-state index contributed by atoms with van der Waals surface area (Å²) < 4.78 is 0. The van der Waals surface area contributed by atoms with E-state index in [1.54, 1.807) is 0 Å². The van der Waals surface area contributed by atoms with Crippen LogP contribution in [-0.2, 0) is 4.79 Å². The van der Waals surface area contributed by atoms with Crippen LogP contribution in [0, 0.1) is 5.41 Å². The molecule has 0 spiro atoms. The molecule has 0 fully saturated rings. The molecule has 0 bridgehead atoms. The number of aliphatic carboxylic acids is 1. The van der Waals surface area contributed by atoms with E-state index < -0.39 is 11.4 Å². The Labute approximate surface area is 145 Å². The molecule has 0 aliphatic heterocycles. The van der Waals surface area contributed by atoms with E-state index >= 15 is 0 Å². The van der Waals surface area contributed by atoms with E-state index in [2.05, 4.69) is 13.8 Å². The standard InChI is InChI=1S/C21H42O2/c1-4-6-8-10-12-13-15-17-19-21(3,20(22)23)18-16-14-11-9-7-5-2/h4-19H2,1-3H3,(H,22,23). The zero-order valence-electron chi connectivity index (χ0n) is 16.2. The Hall–Kier alpha value is -0.530. The number of carboxylic acid groups (broad SMARTS) is 1. The van der Waals surface area contributed by atoms with Crippen molar-refractivity contribution >= 4 is 5.97 Å². The Morgan fingerprint density at radius 3 is 1.26 bits per heavy atom. The summed E-state index contributed by atoms with van der Waals surface area (Å²) >= 11 is 0. The lowest BCUT2D eigenvalue weighted by Crippen LogP contribution is -2.27. The first-order chi connectivity index (χ1) is 11.1. The second-order valence-electron chi connectivity index (χ2n) is 7.61. The third kappa shape index (κ3) is 12.5. The van der Waals surface area contributed by atoms with Crippen LogP contribution in [0.3, 0.4) is 0 Å². The van der Waals surface area contributed by atoms with E-state index in [0.717, 1.165) is 25.7 Å². The average Bonchev–Trinajstić information content (AvgIpc) is 2.53. The van der Waals surface area contributed by atoms with Crippen molar-refractivity contribution in [3.05, 3.63) is 0 Å². The summed E-state index contributed by atoms with van der Waals surface area (Å²) in [5, 5.41) is 9.57. The van der Waals surface area contributed by atoms with Gasteiger partial charge < -0.3 is 5.11 Å². The Balaban J connectivity index is 3.76. The van der Waals surface area contributed by atoms with Gasteiger partial charge in [-0.3, -0.25) is 4.79 Å². The maximum absolute atomic E-state index is 11.6. The molecule has 0 aliphatic rings. The van der Waals surface area contributed by atoms with Gasteiger partial charge in [-0.15, -0.1) is 0 Å². The van der Waals surface area contributed by atoms with Crippen LogP contribution < -0.4 is 0 Å². The van der Waals surface area contributed by atoms with Crippen molar-refractivity contribution in [3.8, 4) is 0 Å². The Bertz CT molecular complexity index is 275. The fourth-order valence-corrected chi connectivity index (χ4v) is 3.28. The Morgan fingerprint density at radius 1 is 0.652 bits per heavy atom. The molecule has 1 N–H and O–H groups in total. The number of rotatable bonds is 17. The molecule has 0 saturated carbocycles. The van der Waals surface area contributed by atoms with Crippen LogP contribution in [-0.4, -0.2) is 11.1 Å². The molecule has 0 saturated heterocycles. The first kappa shape index (κ1) is 22.5. The lowest BCUT2D eigenvalue weighted by atomic mass is 9.80. The van der Waals surface area contributed by atoms with Crippen molar-refractivity contribution in [2.75, 3.05) is 0 Å². The second kappa shape index (κ2) is 15.0. The largest absolute Gasteiger partial charge is 0.481 e. The molecule has 0 amide bonds. The molecular weight excluding hydrogens is 284 g/mol. The molecule has 0 aromatic heterocycles. The predicted octanol–water partition coefficient (Wildman–Crippen LogP) is 7.36. The molecular formula is C21H42O2. The molecule has 2 heteroatoms. The second-order valence-corrected chi connectivity index (χ2v) is 7.61. The lowest BCUT2D eigenvalue weighted by molar-refractivity contribution is -0.149. The molecule has 2 nitrogen and oxygen atoms in total. The van der Waals surface area contributed by atoms with Crippen molar-refractivity contribution in [1.82, 2.24) is 0 Å². The normalized spacial score (nSPS) is 13.9. The number of hydrogen-bond donors (Lipinski definition) is 1. The van der Waals surface area contributed by atoms with E-state index in [4.69, 9.17) is 0 Å². The van der Waals surface area contributed by atoms with Crippen LogP contribution in [0.5, 0.6) is 0 Å². The van der Waals surface area contributed by atoms with Crippen LogP contribution >= 0.6 is 0 Å². The summed E-state index contributed by atoms with van der Waals surface area (Å²) in [7, 11) is 0. The molecule has 0 radical (unpaired) electrons. The summed E-state index contributed by atoms with van der Waals surface area (Å²) in [4.78, 5) is 11.6. The highest BCUT2D eigenvalue weighted by Crippen LogP contribution is 2.31. The van der Waals surface area contributed by atoms with Crippen LogP contribution in [0.1, 0.15) is 124 Å². The van der Waals surface area contributed by atoms with Crippen LogP contribution in [0.15, 0.2) is 0 Å². The zero-order chi connectivity index (χ0) is 17.4. The van der Waals surface area contributed by atoms with Crippen LogP contribution in [0.25, 0.3) is 0 Å². The van der Waals surface area contributed by atoms with Crippen LogP contribution in [0.4, 0.5) is 0 Å². The van der Waals surface area contributed by atoms with Crippen molar-refractivity contribution in [2.45, 2.75) is 124 Å². The highest BCUT2D eigenvalue weighted by molar-refractivity contribution is 5.74. The number of unbranched alkanes of at least 4 members (excludes halogenated alkanes) is 12. The molecule has 1 atom stereocenters. The van der Waals surface area contributed by atoms with Crippen molar-refractivity contribution in [3.63, 3.8) is 0 Å². The van der Waals surface area contributed by atoms with Gasteiger partial charge in [-0.25, -0.2) is 0 Å². The van der Waals surface area contributed by atoms with E-state index in [1.807, 2.05) is 6.92 Å². The Kier molecular flexibility index (Phi) is 14.7. The van der Waals surface area contributed by atoms with Gasteiger partial charge in [0.1, 0.15) is 0 Å². The molecule has 0 aliphatic carbocycles. The van der Waals surface area contributed by atoms with E-state index in [0.29, 0.717) is 0 Å². The maximum Gasteiger partial charge on any atom is 0.309 e. The Morgan fingerprint density at radius 2 is 0.957 bits per heavy atom. The van der Waals surface area contributed by atoms with E-state index in [-0.39, 0.29) is 0 Å². The van der Waals surface area contributed by atoms with Gasteiger partial charge in [0.15, 0.2) is 0 Å². The van der Waals surface area contributed by atoms with Crippen molar-refractivity contribution in [1.29, 1.82) is 0 Å². The third-order valence-electron chi connectivity index (χ3n) is 5.18. The molecule has 0 aromatic carbocycles. The van der Waals surface area contributed by atoms with Gasteiger partial charge in [0.25, 0.3) is 0 Å². The average molecular weight is 327 g/mol. The van der Waals surface area contributed by atoms with Crippen molar-refractivity contribution < 1.29 is 9.90 Å². The lowest BCUT2D eigenvalue weighted by Gasteiger charge is -2.24. The van der Waals surface area contributed by atoms with Gasteiger partial charge in [-0.05, 0) is 19.8 Å². The molecule has 0 aromatic rings. The number of carboxylic acids is 1. The summed E-state index contributed by atoms with van der Waals surface area (Å²) in [6, 6.07) is 0.